The zero-order chi connectivity index (χ0) is 33.9. The van der Waals surface area contributed by atoms with Gasteiger partial charge in [-0.3, -0.25) is 0 Å². The first-order valence-corrected chi connectivity index (χ1v) is 15.7. The molecule has 0 atom stereocenters. The number of hydrogen-bond acceptors (Lipinski definition) is 10. The minimum atomic E-state index is -3.58. The van der Waals surface area contributed by atoms with E-state index in [4.69, 9.17) is 9.47 Å². The van der Waals surface area contributed by atoms with Gasteiger partial charge < -0.3 is 14.8 Å². The Morgan fingerprint density at radius 3 is 2.15 bits per heavy atom. The Morgan fingerprint density at radius 1 is 0.870 bits per heavy atom. The summed E-state index contributed by atoms with van der Waals surface area (Å²) in [7, 11) is -2.23. The van der Waals surface area contributed by atoms with Gasteiger partial charge in [-0.2, -0.15) is 4.90 Å². The number of pyridine rings is 3. The monoisotopic (exact) mass is 644 g/mol. The third kappa shape index (κ3) is 8.35. The molecule has 0 fully saturated rings. The van der Waals surface area contributed by atoms with Gasteiger partial charge in [0.2, 0.25) is 10.0 Å². The zero-order valence-corrected chi connectivity index (χ0v) is 27.7. The first-order valence-electron chi connectivity index (χ1n) is 14.3. The second-order valence-electron chi connectivity index (χ2n) is 12.2. The van der Waals surface area contributed by atoms with Crippen molar-refractivity contribution < 1.29 is 27.5 Å². The highest BCUT2D eigenvalue weighted by Crippen LogP contribution is 2.26. The number of fused-ring (bicyclic) bond motifs is 1. The first-order chi connectivity index (χ1) is 21.5. The summed E-state index contributed by atoms with van der Waals surface area (Å²) >= 11 is 0. The lowest BCUT2D eigenvalue weighted by Gasteiger charge is -2.28. The van der Waals surface area contributed by atoms with Gasteiger partial charge in [-0.25, -0.2) is 37.7 Å². The molecule has 0 aliphatic heterocycles. The molecule has 0 spiro atoms. The molecule has 1 aromatic carbocycles. The van der Waals surface area contributed by atoms with Crippen LogP contribution in [0.15, 0.2) is 66.0 Å². The summed E-state index contributed by atoms with van der Waals surface area (Å²) in [6.07, 6.45) is 2.79. The lowest BCUT2D eigenvalue weighted by atomic mass is 10.1. The quantitative estimate of drug-likeness (QED) is 0.245. The standard InChI is InChI=1S/C33H36N6O6S/c1-21-18-24(46(42,43)34-8)12-14-26(21)38-28-19-25-23(20-37-28)15-17-35-27(25)13-11-22-10-9-16-36-29(22)39(30(40)44-32(2,3)4)31(41)45-33(5,6)7/h9-10,12,14-20,34H,1-8H3,(H,37,38). The molecule has 0 saturated carbocycles. The molecule has 240 valence electrons. The number of nitrogens with one attached hydrogen (secondary N) is 2. The van der Waals surface area contributed by atoms with Crippen LogP contribution >= 0.6 is 0 Å². The molecule has 0 aliphatic rings. The maximum absolute atomic E-state index is 13.2. The van der Waals surface area contributed by atoms with Crippen molar-refractivity contribution in [3.8, 4) is 11.8 Å². The van der Waals surface area contributed by atoms with Gasteiger partial charge in [-0.1, -0.05) is 5.92 Å². The highest BCUT2D eigenvalue weighted by Gasteiger charge is 2.34. The van der Waals surface area contributed by atoms with Gasteiger partial charge in [-0.15, -0.1) is 0 Å². The zero-order valence-electron chi connectivity index (χ0n) is 26.9. The molecule has 0 unspecified atom stereocenters. The molecule has 13 heteroatoms. The van der Waals surface area contributed by atoms with Crippen LogP contribution in [0.3, 0.4) is 0 Å². The fraction of sp³-hybridized carbons (Fsp3) is 0.303. The smallest absolute Gasteiger partial charge is 0.425 e. The molecular weight excluding hydrogens is 608 g/mol. The van der Waals surface area contributed by atoms with Gasteiger partial charge in [0.15, 0.2) is 5.82 Å². The summed E-state index contributed by atoms with van der Waals surface area (Å²) in [4.78, 5) is 40.6. The van der Waals surface area contributed by atoms with E-state index in [9.17, 15) is 18.0 Å². The summed E-state index contributed by atoms with van der Waals surface area (Å²) in [5, 5.41) is 4.68. The van der Waals surface area contributed by atoms with E-state index in [1.54, 1.807) is 97.3 Å². The van der Waals surface area contributed by atoms with Crippen LogP contribution in [0.4, 0.5) is 26.9 Å². The molecule has 12 nitrogen and oxygen atoms in total. The predicted molar refractivity (Wildman–Crippen MR) is 175 cm³/mol. The number of carbonyl (C=O) groups excluding carboxylic acids is 2. The Balaban J connectivity index is 1.73. The average Bonchev–Trinajstić information content (AvgIpc) is 2.96. The number of amides is 2. The molecule has 2 amide bonds. The number of ether oxygens (including phenoxy) is 2. The van der Waals surface area contributed by atoms with E-state index in [1.807, 2.05) is 0 Å². The summed E-state index contributed by atoms with van der Waals surface area (Å²) in [5.41, 5.74) is 0.255. The molecule has 0 saturated heterocycles. The number of benzene rings is 1. The van der Waals surface area contributed by atoms with Crippen molar-refractivity contribution in [3.63, 3.8) is 0 Å². The number of aromatic nitrogens is 3. The van der Waals surface area contributed by atoms with E-state index in [2.05, 4.69) is 36.8 Å². The number of sulfonamides is 1. The topological polar surface area (TPSA) is 153 Å². The summed E-state index contributed by atoms with van der Waals surface area (Å²) in [6.45, 7) is 11.9. The number of hydrogen-bond donors (Lipinski definition) is 2. The van der Waals surface area contributed by atoms with Crippen LogP contribution in [-0.2, 0) is 19.5 Å². The van der Waals surface area contributed by atoms with E-state index in [0.29, 0.717) is 28.1 Å². The third-order valence-electron chi connectivity index (χ3n) is 6.15. The number of rotatable bonds is 5. The molecule has 0 bridgehead atoms. The number of nitrogens with zero attached hydrogens (tertiary/aromatic N) is 4. The van der Waals surface area contributed by atoms with Crippen LogP contribution in [0, 0.1) is 18.8 Å². The van der Waals surface area contributed by atoms with E-state index in [-0.39, 0.29) is 16.3 Å². The van der Waals surface area contributed by atoms with Crippen LogP contribution < -0.4 is 14.9 Å². The van der Waals surface area contributed by atoms with E-state index >= 15 is 0 Å². The second-order valence-corrected chi connectivity index (χ2v) is 14.1. The number of carbonyl (C=O) groups is 2. The number of aryl methyl sites for hydroxylation is 1. The maximum atomic E-state index is 13.2. The van der Waals surface area contributed by atoms with Crippen LogP contribution in [-0.4, -0.2) is 53.8 Å². The van der Waals surface area contributed by atoms with Crippen molar-refractivity contribution in [2.75, 3.05) is 17.3 Å². The van der Waals surface area contributed by atoms with E-state index < -0.39 is 33.4 Å². The van der Waals surface area contributed by atoms with Crippen molar-refractivity contribution in [1.29, 1.82) is 0 Å². The van der Waals surface area contributed by atoms with Gasteiger partial charge in [-0.05, 0) is 109 Å². The Labute approximate surface area is 268 Å². The van der Waals surface area contributed by atoms with Gasteiger partial charge in [0.05, 0.1) is 10.5 Å². The lowest BCUT2D eigenvalue weighted by molar-refractivity contribution is 0.0428. The third-order valence-corrected chi connectivity index (χ3v) is 7.57. The Hall–Kier alpha value is -5.06. The van der Waals surface area contributed by atoms with E-state index in [1.165, 1.54) is 19.3 Å². The summed E-state index contributed by atoms with van der Waals surface area (Å²) in [5.74, 6) is 6.48. The normalized spacial score (nSPS) is 11.7. The Kier molecular flexibility index (Phi) is 9.65. The van der Waals surface area contributed by atoms with E-state index in [0.717, 1.165) is 10.3 Å². The second kappa shape index (κ2) is 13.1. The molecule has 4 rings (SSSR count). The predicted octanol–water partition coefficient (Wildman–Crippen LogP) is 6.06. The molecule has 3 aromatic heterocycles. The molecule has 4 aromatic rings. The first kappa shape index (κ1) is 33.8. The summed E-state index contributed by atoms with van der Waals surface area (Å²) in [6, 6.07) is 11.6. The van der Waals surface area contributed by atoms with Crippen LogP contribution in [0.2, 0.25) is 0 Å². The molecule has 46 heavy (non-hydrogen) atoms. The van der Waals surface area contributed by atoms with Crippen molar-refractivity contribution in [1.82, 2.24) is 19.7 Å². The molecule has 3 heterocycles. The Bertz CT molecular complexity index is 1940. The highest BCUT2D eigenvalue weighted by molar-refractivity contribution is 7.89. The largest absolute Gasteiger partial charge is 0.443 e. The fourth-order valence-electron chi connectivity index (χ4n) is 4.09. The van der Waals surface area contributed by atoms with Crippen molar-refractivity contribution in [2.45, 2.75) is 64.6 Å². The van der Waals surface area contributed by atoms with Crippen LogP contribution in [0.1, 0.15) is 58.4 Å². The summed E-state index contributed by atoms with van der Waals surface area (Å²) < 4.78 is 37.7. The van der Waals surface area contributed by atoms with Gasteiger partial charge in [0.25, 0.3) is 0 Å². The molecular formula is C33H36N6O6S. The SMILES string of the molecule is CNS(=O)(=O)c1ccc(Nc2cc3c(C#Cc4cccnc4N(C(=O)OC(C)(C)C)C(=O)OC(C)(C)C)nccc3cn2)c(C)c1. The minimum absolute atomic E-state index is 0.0537. The highest BCUT2D eigenvalue weighted by atomic mass is 32.2. The maximum Gasteiger partial charge on any atom is 0.425 e. The number of anilines is 3. The van der Waals surface area contributed by atoms with Gasteiger partial charge in [0, 0.05) is 35.1 Å². The van der Waals surface area contributed by atoms with Crippen molar-refractivity contribution in [2.24, 2.45) is 0 Å². The van der Waals surface area contributed by atoms with Crippen LogP contribution in [0.25, 0.3) is 10.8 Å². The van der Waals surface area contributed by atoms with Crippen molar-refractivity contribution >= 4 is 50.3 Å². The van der Waals surface area contributed by atoms with Crippen molar-refractivity contribution in [3.05, 3.63) is 77.9 Å². The van der Waals surface area contributed by atoms with Crippen LogP contribution in [0.5, 0.6) is 0 Å². The molecule has 0 radical (unpaired) electrons. The Morgan fingerprint density at radius 2 is 1.54 bits per heavy atom. The average molecular weight is 645 g/mol. The fourth-order valence-corrected chi connectivity index (χ4v) is 4.91. The minimum Gasteiger partial charge on any atom is -0.443 e. The molecule has 2 N–H and O–H groups in total. The number of imide groups is 1. The lowest BCUT2D eigenvalue weighted by Crippen LogP contribution is -2.44. The molecule has 0 aliphatic carbocycles. The van der Waals surface area contributed by atoms with Gasteiger partial charge in [0.1, 0.15) is 22.7 Å². The van der Waals surface area contributed by atoms with Gasteiger partial charge >= 0.3 is 12.2 Å².